The lowest BCUT2D eigenvalue weighted by Gasteiger charge is -2.13. The van der Waals surface area contributed by atoms with Gasteiger partial charge in [0.05, 0.1) is 75.8 Å². The van der Waals surface area contributed by atoms with E-state index in [2.05, 4.69) is 0 Å². The molecule has 0 spiro atoms. The first-order valence-corrected chi connectivity index (χ1v) is 49.3. The van der Waals surface area contributed by atoms with Crippen LogP contribution in [0.15, 0.2) is 379 Å². The summed E-state index contributed by atoms with van der Waals surface area (Å²) in [5.41, 5.74) is 0.984. The Hall–Kier alpha value is -12.3. The van der Waals surface area contributed by atoms with Crippen LogP contribution in [0, 0.1) is 0 Å². The molecular formula is C88H75ClO26S8. The van der Waals surface area contributed by atoms with Gasteiger partial charge in [0.15, 0.2) is 41.9 Å². The number of rotatable bonds is 21. The molecule has 0 unspecified atom stereocenters. The van der Waals surface area contributed by atoms with E-state index < -0.39 is 104 Å². The van der Waals surface area contributed by atoms with Crippen LogP contribution in [0.5, 0.6) is 17.2 Å². The van der Waals surface area contributed by atoms with Crippen molar-refractivity contribution in [3.05, 3.63) is 337 Å². The number of Topliss-reactive ketones (excluding diaryl/α,β-unsaturated/α-hetero) is 1. The van der Waals surface area contributed by atoms with Crippen LogP contribution in [-0.4, -0.2) is 148 Å². The monoisotopic (exact) mass is 1840 g/mol. The number of carbonyl (C=O) groups is 3. The minimum atomic E-state index is -4.08. The normalized spacial score (nSPS) is 11.7. The van der Waals surface area contributed by atoms with Crippen LogP contribution in [0.2, 0.25) is 5.02 Å². The molecule has 0 aliphatic heterocycles. The molecule has 0 aromatic heterocycles. The van der Waals surface area contributed by atoms with Gasteiger partial charge in [-0.3, -0.25) is 4.79 Å². The van der Waals surface area contributed by atoms with E-state index in [-0.39, 0.29) is 110 Å². The number of benzene rings is 14. The zero-order chi connectivity index (χ0) is 90.0. The second kappa shape index (κ2) is 40.1. The lowest BCUT2D eigenvalue weighted by Crippen LogP contribution is -2.09. The van der Waals surface area contributed by atoms with E-state index >= 15 is 0 Å². The van der Waals surface area contributed by atoms with Gasteiger partial charge >= 0.3 is 11.9 Å². The first kappa shape index (κ1) is 94.5. The largest absolute Gasteiger partial charge is 0.508 e. The first-order valence-electron chi connectivity index (χ1n) is 35.8. The first-order chi connectivity index (χ1) is 57.8. The van der Waals surface area contributed by atoms with Crippen LogP contribution in [0.3, 0.4) is 0 Å². The van der Waals surface area contributed by atoms with Crippen molar-refractivity contribution < 1.29 is 117 Å². The van der Waals surface area contributed by atoms with Gasteiger partial charge < -0.3 is 35.4 Å². The van der Waals surface area contributed by atoms with Crippen molar-refractivity contribution in [3.8, 4) is 17.2 Å². The third-order valence-electron chi connectivity index (χ3n) is 17.7. The number of hydrogen-bond acceptors (Lipinski definition) is 24. The van der Waals surface area contributed by atoms with E-state index in [9.17, 15) is 97.0 Å². The standard InChI is InChI=1S/C23H16O6S2.C22H16O5S2.C16H12O3S.C10H12O4S.C9H10O5S.C8H9ClO3S/c24-23(25)16-11-12-21-17(13-16)14-20(30(26,27)18-7-3-1-4-8-18)15-22(21)31(28,29)19-9-5-2-6-10-19;23-17-11-12-21-16(13-17)14-20(28(24,25)18-7-3-1-4-8-18)15-22(21)29(26,27)19-9-5-2-6-10-19;17-14-8-6-13-11-16(9-7-12(13)10-14)20(18,19)15-4-2-1-3-5-15;1-15(13,14)10-4-2-8(3-5-10)6-9(12)7-11;1-15(12,13)8-4-2-7(3-5-8)14-6-9(10)11;1-13(11,12)8-4-7(9)3-2-6(8)5-10/h1-15H,(H,24,25);1-15,23H;1-11,17H;2-5,11H,6-7H2,1H3;2-5H,6H2,1H3,(H,10,11);2-4,10H,5H2,1H3. The van der Waals surface area contributed by atoms with Gasteiger partial charge in [0.2, 0.25) is 49.2 Å². The van der Waals surface area contributed by atoms with Crippen LogP contribution < -0.4 is 4.74 Å². The van der Waals surface area contributed by atoms with Crippen molar-refractivity contribution in [1.29, 1.82) is 0 Å². The van der Waals surface area contributed by atoms with Crippen molar-refractivity contribution in [2.45, 2.75) is 76.7 Å². The van der Waals surface area contributed by atoms with Crippen LogP contribution >= 0.6 is 11.6 Å². The average molecular weight is 1840 g/mol. The maximum atomic E-state index is 13.4. The van der Waals surface area contributed by atoms with Crippen molar-refractivity contribution >= 4 is 140 Å². The van der Waals surface area contributed by atoms with Crippen LogP contribution in [-0.2, 0) is 101 Å². The number of ketones is 1. The second-order valence-electron chi connectivity index (χ2n) is 26.7. The fourth-order valence-corrected chi connectivity index (χ4v) is 21.3. The average Bonchev–Trinajstić information content (AvgIpc) is 0.750. The highest BCUT2D eigenvalue weighted by Gasteiger charge is 2.29. The van der Waals surface area contributed by atoms with E-state index in [1.807, 2.05) is 0 Å². The number of ether oxygens (including phenoxy) is 1. The highest BCUT2D eigenvalue weighted by molar-refractivity contribution is 7.93. The Morgan fingerprint density at radius 3 is 1.08 bits per heavy atom. The summed E-state index contributed by atoms with van der Waals surface area (Å²) in [4.78, 5) is 32.9. The number of halogens is 1. The number of hydrogen-bond donors (Lipinski definition) is 6. The molecule has 6 N–H and O–H groups in total. The molecule has 123 heavy (non-hydrogen) atoms. The fraction of sp³-hybridized carbons (Fsp3) is 0.0795. The molecule has 35 heteroatoms. The number of carboxylic acid groups (broad SMARTS) is 2. The molecule has 0 aliphatic carbocycles. The summed E-state index contributed by atoms with van der Waals surface area (Å²) in [5.74, 6) is -2.18. The third-order valence-corrected chi connectivity index (χ3v) is 30.3. The minimum Gasteiger partial charge on any atom is -0.508 e. The van der Waals surface area contributed by atoms with Crippen molar-refractivity contribution in [1.82, 2.24) is 0 Å². The van der Waals surface area contributed by atoms with Crippen LogP contribution in [0.4, 0.5) is 0 Å². The SMILES string of the molecule is CS(=O)(=O)c1cc(Cl)ccc1CO.CS(=O)(=O)c1ccc(CC(=O)CO)cc1.CS(=O)(=O)c1ccc(OCC(=O)O)cc1.O=C(O)c1ccc2c(S(=O)(=O)c3ccccc3)cc(S(=O)(=O)c3ccccc3)cc2c1.O=S(=O)(c1ccccc1)c1cc(S(=O)(=O)c2ccccc2)c2ccc(O)cc2c1.O=S(=O)(c1ccccc1)c1ccc2cc(O)ccc2c1. The number of aliphatic carboxylic acids is 1. The number of phenols is 2. The molecule has 0 saturated heterocycles. The summed E-state index contributed by atoms with van der Waals surface area (Å²) < 4.78 is 203. The number of aliphatic hydroxyl groups excluding tert-OH is 2. The Kier molecular flexibility index (Phi) is 30.8. The van der Waals surface area contributed by atoms with Gasteiger partial charge in [0, 0.05) is 41.0 Å². The van der Waals surface area contributed by atoms with E-state index in [4.69, 9.17) is 31.7 Å². The highest BCUT2D eigenvalue weighted by atomic mass is 35.5. The van der Waals surface area contributed by atoms with E-state index in [1.54, 1.807) is 158 Å². The quantitative estimate of drug-likeness (QED) is 0.0389. The molecule has 0 aliphatic rings. The Morgan fingerprint density at radius 2 is 0.683 bits per heavy atom. The topological polar surface area (TPSA) is 455 Å². The zero-order valence-corrected chi connectivity index (χ0v) is 72.1. The Morgan fingerprint density at radius 1 is 0.325 bits per heavy atom. The predicted octanol–water partition coefficient (Wildman–Crippen LogP) is 13.8. The summed E-state index contributed by atoms with van der Waals surface area (Å²) in [7, 11) is -29.3. The molecule has 0 amide bonds. The molecule has 0 fully saturated rings. The van der Waals surface area contributed by atoms with Gasteiger partial charge in [-0.1, -0.05) is 139 Å². The summed E-state index contributed by atoms with van der Waals surface area (Å²) in [6.07, 6.45) is 3.43. The summed E-state index contributed by atoms with van der Waals surface area (Å²) in [6.45, 7) is -1.24. The highest BCUT2D eigenvalue weighted by Crippen LogP contribution is 2.38. The van der Waals surface area contributed by atoms with E-state index in [1.165, 1.54) is 152 Å². The number of aliphatic hydroxyl groups is 2. The van der Waals surface area contributed by atoms with Crippen molar-refractivity contribution in [3.63, 3.8) is 0 Å². The van der Waals surface area contributed by atoms with Crippen molar-refractivity contribution in [2.75, 3.05) is 32.0 Å². The lowest BCUT2D eigenvalue weighted by atomic mass is 10.1. The van der Waals surface area contributed by atoms with Gasteiger partial charge in [-0.2, -0.15) is 0 Å². The maximum Gasteiger partial charge on any atom is 0.341 e. The molecule has 638 valence electrons. The number of aromatic hydroxyl groups is 2. The molecule has 14 rings (SSSR count). The molecule has 14 aromatic rings. The van der Waals surface area contributed by atoms with Gasteiger partial charge in [0.25, 0.3) is 0 Å². The maximum absolute atomic E-state index is 13.4. The van der Waals surface area contributed by atoms with Gasteiger partial charge in [0.1, 0.15) is 23.9 Å². The molecule has 0 saturated carbocycles. The Bertz CT molecular complexity index is 7230. The molecule has 0 heterocycles. The van der Waals surface area contributed by atoms with Crippen LogP contribution in [0.25, 0.3) is 32.3 Å². The molecule has 26 nitrogen and oxygen atoms in total. The number of aromatic carboxylic acids is 1. The summed E-state index contributed by atoms with van der Waals surface area (Å²) in [6, 6.07) is 78.1. The number of carboxylic acids is 2. The van der Waals surface area contributed by atoms with Gasteiger partial charge in [-0.05, 0) is 221 Å². The molecule has 0 bridgehead atoms. The molecule has 14 aromatic carbocycles. The molecule has 0 radical (unpaired) electrons. The number of sulfone groups is 8. The molecule has 0 atom stereocenters. The Balaban J connectivity index is 0.000000173. The fourth-order valence-electron chi connectivity index (χ4n) is 11.6. The minimum absolute atomic E-state index is 0.00629. The zero-order valence-electron chi connectivity index (χ0n) is 64.8. The van der Waals surface area contributed by atoms with Gasteiger partial charge in [-0.15, -0.1) is 0 Å². The predicted molar refractivity (Wildman–Crippen MR) is 460 cm³/mol. The van der Waals surface area contributed by atoms with Gasteiger partial charge in [-0.25, -0.2) is 76.9 Å². The molecular weight excluding hydrogens is 1760 g/mol. The second-order valence-corrected chi connectivity index (χ2v) is 42.8. The van der Waals surface area contributed by atoms with E-state index in [0.717, 1.165) is 35.6 Å². The summed E-state index contributed by atoms with van der Waals surface area (Å²) >= 11 is 5.63. The van der Waals surface area contributed by atoms with Crippen molar-refractivity contribution in [2.24, 2.45) is 0 Å². The smallest absolute Gasteiger partial charge is 0.341 e. The van der Waals surface area contributed by atoms with E-state index in [0.29, 0.717) is 32.7 Å². The third kappa shape index (κ3) is 24.5. The number of phenolic OH excluding ortho intramolecular Hbond substituents is 2. The Labute approximate surface area is 714 Å². The number of fused-ring (bicyclic) bond motifs is 3. The van der Waals surface area contributed by atoms with Crippen LogP contribution in [0.1, 0.15) is 21.5 Å². The number of carbonyl (C=O) groups excluding carboxylic acids is 1. The lowest BCUT2D eigenvalue weighted by molar-refractivity contribution is -0.139. The summed E-state index contributed by atoms with van der Waals surface area (Å²) in [5, 5.41) is 57.3.